The zero-order valence-electron chi connectivity index (χ0n) is 10.6. The molecule has 0 aromatic rings. The van der Waals surface area contributed by atoms with Crippen LogP contribution in [0, 0.1) is 0 Å². The number of hydrogen-bond acceptors (Lipinski definition) is 7. The number of carboxylic acids is 1. The fraction of sp³-hybridized carbons (Fsp3) is 0.636. The van der Waals surface area contributed by atoms with Crippen molar-refractivity contribution in [3.8, 4) is 0 Å². The minimum Gasteiger partial charge on any atom is -0.478 e. The fourth-order valence-corrected chi connectivity index (χ4v) is 1.85. The maximum absolute atomic E-state index is 11.1. The number of carbonyl (C=O) groups excluding carboxylic acids is 1. The predicted octanol–water partition coefficient (Wildman–Crippen LogP) is -3.07. The largest absolute Gasteiger partial charge is 0.478 e. The van der Waals surface area contributed by atoms with Crippen LogP contribution in [0.25, 0.3) is 0 Å². The molecule has 0 aliphatic carbocycles. The summed E-state index contributed by atoms with van der Waals surface area (Å²) in [5, 5.41) is 49.0. The average Bonchev–Trinajstić information content (AvgIpc) is 2.38. The average molecular weight is 291 g/mol. The van der Waals surface area contributed by atoms with Crippen LogP contribution >= 0.6 is 0 Å². The van der Waals surface area contributed by atoms with Crippen LogP contribution in [-0.2, 0) is 14.3 Å². The highest BCUT2D eigenvalue weighted by atomic mass is 16.5. The molecule has 1 heterocycles. The number of aliphatic carboxylic acids is 1. The lowest BCUT2D eigenvalue weighted by Gasteiger charge is -2.37. The molecule has 1 aliphatic rings. The molecular formula is C11H17NO8. The van der Waals surface area contributed by atoms with Gasteiger partial charge in [-0.15, -0.1) is 0 Å². The van der Waals surface area contributed by atoms with Gasteiger partial charge in [0.1, 0.15) is 18.3 Å². The van der Waals surface area contributed by atoms with Gasteiger partial charge in [0.25, 0.3) is 0 Å². The molecule has 0 spiro atoms. The van der Waals surface area contributed by atoms with E-state index in [9.17, 15) is 24.9 Å². The number of carboxylic acid groups (broad SMARTS) is 1. The Labute approximate surface area is 114 Å². The molecule has 1 aliphatic heterocycles. The van der Waals surface area contributed by atoms with Gasteiger partial charge in [0.05, 0.1) is 12.6 Å². The van der Waals surface area contributed by atoms with Crippen LogP contribution in [0.5, 0.6) is 0 Å². The van der Waals surface area contributed by atoms with E-state index in [0.717, 1.165) is 13.0 Å². The molecule has 0 unspecified atom stereocenters. The van der Waals surface area contributed by atoms with Gasteiger partial charge in [0, 0.05) is 6.92 Å². The first kappa shape index (κ1) is 16.4. The molecule has 0 radical (unpaired) electrons. The number of rotatable bonds is 5. The number of hydrogen-bond donors (Lipinski definition) is 6. The van der Waals surface area contributed by atoms with Gasteiger partial charge in [0.2, 0.25) is 11.7 Å². The topological polar surface area (TPSA) is 157 Å². The molecule has 5 atom stereocenters. The molecule has 0 aromatic heterocycles. The molecular weight excluding hydrogens is 274 g/mol. The Bertz CT molecular complexity index is 409. The van der Waals surface area contributed by atoms with Crippen molar-refractivity contribution < 1.29 is 39.9 Å². The lowest BCUT2D eigenvalue weighted by Crippen LogP contribution is -2.59. The summed E-state index contributed by atoms with van der Waals surface area (Å²) in [6.07, 6.45) is -5.29. The van der Waals surface area contributed by atoms with Gasteiger partial charge in [0.15, 0.2) is 6.10 Å². The normalized spacial score (nSPS) is 28.9. The Hall–Kier alpha value is -1.68. The van der Waals surface area contributed by atoms with Crippen LogP contribution in [0.4, 0.5) is 0 Å². The van der Waals surface area contributed by atoms with Gasteiger partial charge >= 0.3 is 5.97 Å². The Balaban J connectivity index is 3.04. The molecule has 114 valence electrons. The minimum atomic E-state index is -1.70. The van der Waals surface area contributed by atoms with Crippen LogP contribution in [-0.4, -0.2) is 74.5 Å². The van der Waals surface area contributed by atoms with Crippen LogP contribution < -0.4 is 5.32 Å². The fourth-order valence-electron chi connectivity index (χ4n) is 1.85. The minimum absolute atomic E-state index is 0.541. The monoisotopic (exact) mass is 291 g/mol. The lowest BCUT2D eigenvalue weighted by molar-refractivity contribution is -0.149. The third-order valence-corrected chi connectivity index (χ3v) is 2.81. The molecule has 9 heteroatoms. The van der Waals surface area contributed by atoms with Crippen molar-refractivity contribution >= 4 is 11.9 Å². The van der Waals surface area contributed by atoms with Crippen molar-refractivity contribution in [2.45, 2.75) is 37.4 Å². The first-order chi connectivity index (χ1) is 9.27. The van der Waals surface area contributed by atoms with Crippen molar-refractivity contribution in [2.24, 2.45) is 0 Å². The third-order valence-electron chi connectivity index (χ3n) is 2.81. The Morgan fingerprint density at radius 3 is 2.50 bits per heavy atom. The zero-order valence-corrected chi connectivity index (χ0v) is 10.6. The van der Waals surface area contributed by atoms with Crippen LogP contribution in [0.3, 0.4) is 0 Å². The summed E-state index contributed by atoms with van der Waals surface area (Å²) < 4.78 is 4.98. The molecule has 20 heavy (non-hydrogen) atoms. The number of ether oxygens (including phenoxy) is 1. The summed E-state index contributed by atoms with van der Waals surface area (Å²) in [6.45, 7) is 0.366. The molecule has 0 bridgehead atoms. The summed E-state index contributed by atoms with van der Waals surface area (Å²) in [5.74, 6) is -2.63. The quantitative estimate of drug-likeness (QED) is 0.311. The Kier molecular flexibility index (Phi) is 5.45. The van der Waals surface area contributed by atoms with Gasteiger partial charge in [-0.05, 0) is 6.08 Å². The van der Waals surface area contributed by atoms with E-state index < -0.39 is 54.7 Å². The SMILES string of the molecule is CC(=O)N[C@H]1[C@H]([C@H](O)[C@H](O)CO)OC(C(=O)O)=C[C@H]1O. The van der Waals surface area contributed by atoms with Gasteiger partial charge in [-0.25, -0.2) is 4.79 Å². The zero-order chi connectivity index (χ0) is 15.4. The van der Waals surface area contributed by atoms with Gasteiger partial charge in [-0.2, -0.15) is 0 Å². The van der Waals surface area contributed by atoms with Gasteiger partial charge in [-0.1, -0.05) is 0 Å². The third kappa shape index (κ3) is 3.67. The van der Waals surface area contributed by atoms with E-state index in [1.54, 1.807) is 0 Å². The maximum atomic E-state index is 11.1. The van der Waals surface area contributed by atoms with Crippen molar-refractivity contribution in [1.29, 1.82) is 0 Å². The molecule has 6 N–H and O–H groups in total. The van der Waals surface area contributed by atoms with Crippen LogP contribution in [0.1, 0.15) is 6.92 Å². The second kappa shape index (κ2) is 6.66. The number of aliphatic hydroxyl groups is 4. The Morgan fingerprint density at radius 1 is 1.45 bits per heavy atom. The lowest BCUT2D eigenvalue weighted by atomic mass is 9.94. The van der Waals surface area contributed by atoms with E-state index in [1.807, 2.05) is 0 Å². The molecule has 0 saturated heterocycles. The second-order valence-corrected chi connectivity index (χ2v) is 4.38. The number of aliphatic hydroxyl groups excluding tert-OH is 4. The van der Waals surface area contributed by atoms with E-state index in [4.69, 9.17) is 14.9 Å². The first-order valence-corrected chi connectivity index (χ1v) is 5.81. The highest BCUT2D eigenvalue weighted by Gasteiger charge is 2.42. The van der Waals surface area contributed by atoms with Gasteiger partial charge in [-0.3, -0.25) is 4.79 Å². The van der Waals surface area contributed by atoms with E-state index in [-0.39, 0.29) is 0 Å². The van der Waals surface area contributed by atoms with E-state index in [1.165, 1.54) is 0 Å². The predicted molar refractivity (Wildman–Crippen MR) is 63.3 cm³/mol. The number of nitrogens with one attached hydrogen (secondary N) is 1. The van der Waals surface area contributed by atoms with Crippen molar-refractivity contribution in [1.82, 2.24) is 5.32 Å². The molecule has 0 saturated carbocycles. The number of amides is 1. The highest BCUT2D eigenvalue weighted by molar-refractivity contribution is 5.84. The van der Waals surface area contributed by atoms with Crippen LogP contribution in [0.2, 0.25) is 0 Å². The molecule has 0 aromatic carbocycles. The second-order valence-electron chi connectivity index (χ2n) is 4.38. The molecule has 0 fully saturated rings. The smallest absolute Gasteiger partial charge is 0.370 e. The van der Waals surface area contributed by atoms with Crippen molar-refractivity contribution in [3.05, 3.63) is 11.8 Å². The number of carbonyl (C=O) groups is 2. The Morgan fingerprint density at radius 2 is 2.05 bits per heavy atom. The molecule has 1 amide bonds. The highest BCUT2D eigenvalue weighted by Crippen LogP contribution is 2.22. The van der Waals surface area contributed by atoms with E-state index >= 15 is 0 Å². The van der Waals surface area contributed by atoms with E-state index in [0.29, 0.717) is 0 Å². The van der Waals surface area contributed by atoms with Gasteiger partial charge < -0.3 is 35.6 Å². The summed E-state index contributed by atoms with van der Waals surface area (Å²) in [4.78, 5) is 21.9. The standard InChI is InChI=1S/C11H17NO8/c1-4(14)12-8-5(15)2-7(11(18)19)20-10(8)9(17)6(16)3-13/h2,5-6,8-10,13,15-17H,3H2,1H3,(H,12,14)(H,18,19)/t5-,6-,8-,9-,10-/m1/s1. The molecule has 9 nitrogen and oxygen atoms in total. The summed E-state index contributed by atoms with van der Waals surface area (Å²) in [6, 6.07) is -1.16. The van der Waals surface area contributed by atoms with Crippen molar-refractivity contribution in [3.63, 3.8) is 0 Å². The summed E-state index contributed by atoms with van der Waals surface area (Å²) in [5.41, 5.74) is 0. The molecule has 1 rings (SSSR count). The first-order valence-electron chi connectivity index (χ1n) is 5.81. The maximum Gasteiger partial charge on any atom is 0.370 e. The van der Waals surface area contributed by atoms with Crippen molar-refractivity contribution in [2.75, 3.05) is 6.61 Å². The van der Waals surface area contributed by atoms with E-state index in [2.05, 4.69) is 5.32 Å². The summed E-state index contributed by atoms with van der Waals surface area (Å²) in [7, 11) is 0. The summed E-state index contributed by atoms with van der Waals surface area (Å²) >= 11 is 0. The van der Waals surface area contributed by atoms with Crippen LogP contribution in [0.15, 0.2) is 11.8 Å².